The zero-order chi connectivity index (χ0) is 24.2. The molecule has 7 nitrogen and oxygen atoms in total. The molecule has 9 heteroatoms. The van der Waals surface area contributed by atoms with Gasteiger partial charge >= 0.3 is 0 Å². The molecule has 0 fully saturated rings. The van der Waals surface area contributed by atoms with E-state index in [2.05, 4.69) is 29.2 Å². The molecule has 1 N–H and O–H groups in total. The summed E-state index contributed by atoms with van der Waals surface area (Å²) in [6.45, 7) is 6.70. The predicted octanol–water partition coefficient (Wildman–Crippen LogP) is 6.49. The van der Waals surface area contributed by atoms with Crippen molar-refractivity contribution < 1.29 is 13.9 Å². The molecule has 34 heavy (non-hydrogen) atoms. The summed E-state index contributed by atoms with van der Waals surface area (Å²) in [5.74, 6) is 1.36. The van der Waals surface area contributed by atoms with Crippen molar-refractivity contribution in [1.82, 2.24) is 14.8 Å². The molecule has 0 aliphatic rings. The number of aromatic nitrogens is 3. The number of carbonyl (C=O) groups excluding carboxylic acids is 1. The first-order valence-corrected chi connectivity index (χ1v) is 11.5. The molecular weight excluding hydrogens is 475 g/mol. The Morgan fingerprint density at radius 2 is 1.94 bits per heavy atom. The Labute approximate surface area is 207 Å². The molecule has 0 spiro atoms. The van der Waals surface area contributed by atoms with Gasteiger partial charge in [0.1, 0.15) is 24.4 Å². The summed E-state index contributed by atoms with van der Waals surface area (Å²) >= 11 is 12.5. The number of halogens is 2. The highest BCUT2D eigenvalue weighted by atomic mass is 35.5. The maximum atomic E-state index is 12.6. The average molecular weight is 499 g/mol. The molecular formula is C25H24Cl2N4O3. The van der Waals surface area contributed by atoms with Crippen LogP contribution in [-0.2, 0) is 13.2 Å². The molecule has 2 aromatic carbocycles. The van der Waals surface area contributed by atoms with E-state index in [1.165, 1.54) is 6.33 Å². The standard InChI is InChI=1S/C25H24Cl2N4O3/c1-15(2)19-11-21(27)16(3)10-23(19)33-13-18-8-9-22(34-18)24(32)29-25-28-14-31(30-25)12-17-6-4-5-7-20(17)26/h4-11,14-15H,12-13H2,1-3H3,(H,29,30,32). The molecule has 0 radical (unpaired) electrons. The van der Waals surface area contributed by atoms with E-state index in [1.807, 2.05) is 43.3 Å². The van der Waals surface area contributed by atoms with E-state index in [0.717, 1.165) is 22.4 Å². The highest BCUT2D eigenvalue weighted by Gasteiger charge is 2.16. The van der Waals surface area contributed by atoms with Gasteiger partial charge in [-0.15, -0.1) is 5.10 Å². The van der Waals surface area contributed by atoms with E-state index in [9.17, 15) is 4.79 Å². The lowest BCUT2D eigenvalue weighted by atomic mass is 10.0. The lowest BCUT2D eigenvalue weighted by Crippen LogP contribution is -2.12. The van der Waals surface area contributed by atoms with E-state index in [-0.39, 0.29) is 24.2 Å². The largest absolute Gasteiger partial charge is 0.485 e. The summed E-state index contributed by atoms with van der Waals surface area (Å²) in [5.41, 5.74) is 2.85. The van der Waals surface area contributed by atoms with Crippen molar-refractivity contribution in [2.75, 3.05) is 5.32 Å². The van der Waals surface area contributed by atoms with Crippen molar-refractivity contribution in [1.29, 1.82) is 0 Å². The molecule has 0 aliphatic carbocycles. The second-order valence-electron chi connectivity index (χ2n) is 8.16. The second-order valence-corrected chi connectivity index (χ2v) is 8.97. The normalized spacial score (nSPS) is 11.1. The number of amides is 1. The Balaban J connectivity index is 1.38. The zero-order valence-electron chi connectivity index (χ0n) is 19.0. The SMILES string of the molecule is Cc1cc(OCc2ccc(C(=O)Nc3ncn(Cc4ccccc4Cl)n3)o2)c(C(C)C)cc1Cl. The molecule has 2 aromatic heterocycles. The maximum Gasteiger partial charge on any atom is 0.293 e. The molecule has 4 aromatic rings. The van der Waals surface area contributed by atoms with Gasteiger partial charge in [0, 0.05) is 10.0 Å². The van der Waals surface area contributed by atoms with Gasteiger partial charge in [0.05, 0.1) is 6.54 Å². The lowest BCUT2D eigenvalue weighted by molar-refractivity contribution is 0.0991. The van der Waals surface area contributed by atoms with E-state index in [0.29, 0.717) is 22.4 Å². The van der Waals surface area contributed by atoms with E-state index in [1.54, 1.807) is 16.8 Å². The molecule has 0 saturated heterocycles. The molecule has 0 aliphatic heterocycles. The summed E-state index contributed by atoms with van der Waals surface area (Å²) in [5, 5.41) is 8.26. The van der Waals surface area contributed by atoms with Crippen molar-refractivity contribution >= 4 is 35.1 Å². The lowest BCUT2D eigenvalue weighted by Gasteiger charge is -2.15. The number of rotatable bonds is 8. The van der Waals surface area contributed by atoms with Crippen molar-refractivity contribution in [3.05, 3.63) is 93.1 Å². The fourth-order valence-corrected chi connectivity index (χ4v) is 3.73. The molecule has 2 heterocycles. The Kier molecular flexibility index (Phi) is 7.24. The number of anilines is 1. The Hall–Kier alpha value is -3.29. The Bertz CT molecular complexity index is 1310. The van der Waals surface area contributed by atoms with Crippen LogP contribution in [0.5, 0.6) is 5.75 Å². The molecule has 0 saturated carbocycles. The summed E-state index contributed by atoms with van der Waals surface area (Å²) < 4.78 is 13.2. The number of carbonyl (C=O) groups is 1. The Morgan fingerprint density at radius 1 is 1.15 bits per heavy atom. The van der Waals surface area contributed by atoms with Gasteiger partial charge in [0.2, 0.25) is 5.95 Å². The van der Waals surface area contributed by atoms with E-state index < -0.39 is 5.91 Å². The van der Waals surface area contributed by atoms with Crippen LogP contribution in [0.4, 0.5) is 5.95 Å². The second kappa shape index (κ2) is 10.3. The predicted molar refractivity (Wildman–Crippen MR) is 132 cm³/mol. The van der Waals surface area contributed by atoms with Gasteiger partial charge in [-0.25, -0.2) is 9.67 Å². The molecule has 4 rings (SSSR count). The van der Waals surface area contributed by atoms with E-state index in [4.69, 9.17) is 32.4 Å². The summed E-state index contributed by atoms with van der Waals surface area (Å²) in [6.07, 6.45) is 1.53. The van der Waals surface area contributed by atoms with Crippen LogP contribution in [-0.4, -0.2) is 20.7 Å². The van der Waals surface area contributed by atoms with Crippen molar-refractivity contribution in [2.45, 2.75) is 39.8 Å². The third-order valence-corrected chi connectivity index (χ3v) is 6.00. The number of hydrogen-bond donors (Lipinski definition) is 1. The van der Waals surface area contributed by atoms with Crippen LogP contribution < -0.4 is 10.1 Å². The van der Waals surface area contributed by atoms with Crippen LogP contribution in [0.1, 0.15) is 52.8 Å². The summed E-state index contributed by atoms with van der Waals surface area (Å²) in [6, 6.07) is 14.6. The third-order valence-electron chi connectivity index (χ3n) is 5.22. The number of aryl methyl sites for hydroxylation is 1. The first-order chi connectivity index (χ1) is 16.3. The van der Waals surface area contributed by atoms with Crippen LogP contribution >= 0.6 is 23.2 Å². The maximum absolute atomic E-state index is 12.6. The monoisotopic (exact) mass is 498 g/mol. The number of hydrogen-bond acceptors (Lipinski definition) is 5. The van der Waals surface area contributed by atoms with E-state index >= 15 is 0 Å². The van der Waals surface area contributed by atoms with Gasteiger partial charge in [0.15, 0.2) is 5.76 Å². The van der Waals surface area contributed by atoms with Gasteiger partial charge in [-0.2, -0.15) is 0 Å². The van der Waals surface area contributed by atoms with Crippen LogP contribution in [0.15, 0.2) is 59.3 Å². The smallest absolute Gasteiger partial charge is 0.293 e. The minimum absolute atomic E-state index is 0.137. The number of nitrogens with one attached hydrogen (secondary N) is 1. The first-order valence-electron chi connectivity index (χ1n) is 10.8. The fraction of sp³-hybridized carbons (Fsp3) is 0.240. The number of ether oxygens (including phenoxy) is 1. The average Bonchev–Trinajstić information content (AvgIpc) is 3.45. The number of nitrogens with zero attached hydrogens (tertiary/aromatic N) is 3. The fourth-order valence-electron chi connectivity index (χ4n) is 3.37. The molecule has 1 amide bonds. The van der Waals surface area contributed by atoms with Crippen LogP contribution in [0.3, 0.4) is 0 Å². The highest BCUT2D eigenvalue weighted by molar-refractivity contribution is 6.31. The zero-order valence-corrected chi connectivity index (χ0v) is 20.5. The minimum atomic E-state index is -0.452. The van der Waals surface area contributed by atoms with Gasteiger partial charge < -0.3 is 9.15 Å². The van der Waals surface area contributed by atoms with Crippen molar-refractivity contribution in [2.24, 2.45) is 0 Å². The summed E-state index contributed by atoms with van der Waals surface area (Å²) in [4.78, 5) is 16.7. The minimum Gasteiger partial charge on any atom is -0.485 e. The Morgan fingerprint density at radius 3 is 2.71 bits per heavy atom. The number of furan rings is 1. The van der Waals surface area contributed by atoms with Crippen LogP contribution in [0.2, 0.25) is 10.0 Å². The molecule has 176 valence electrons. The van der Waals surface area contributed by atoms with Crippen molar-refractivity contribution in [3.63, 3.8) is 0 Å². The van der Waals surface area contributed by atoms with Gasteiger partial charge in [0.25, 0.3) is 5.91 Å². The molecule has 0 bridgehead atoms. The molecule has 0 atom stereocenters. The first kappa shape index (κ1) is 23.9. The molecule has 0 unspecified atom stereocenters. The third kappa shape index (κ3) is 5.61. The van der Waals surface area contributed by atoms with Gasteiger partial charge in [-0.05, 0) is 59.9 Å². The van der Waals surface area contributed by atoms with Crippen LogP contribution in [0, 0.1) is 6.92 Å². The highest BCUT2D eigenvalue weighted by Crippen LogP contribution is 2.32. The van der Waals surface area contributed by atoms with Gasteiger partial charge in [-0.1, -0.05) is 55.2 Å². The van der Waals surface area contributed by atoms with Gasteiger partial charge in [-0.3, -0.25) is 10.1 Å². The summed E-state index contributed by atoms with van der Waals surface area (Å²) in [7, 11) is 0. The quantitative estimate of drug-likeness (QED) is 0.300. The van der Waals surface area contributed by atoms with Crippen molar-refractivity contribution in [3.8, 4) is 5.75 Å². The number of benzene rings is 2. The van der Waals surface area contributed by atoms with Crippen LogP contribution in [0.25, 0.3) is 0 Å². The topological polar surface area (TPSA) is 82.2 Å².